The van der Waals surface area contributed by atoms with Gasteiger partial charge in [0.05, 0.1) is 42.4 Å². The van der Waals surface area contributed by atoms with E-state index in [1.54, 1.807) is 4.90 Å². The number of piperidine rings is 1. The maximum Gasteiger partial charge on any atom is 0.410 e. The first kappa shape index (κ1) is 34.5. The molecule has 11 heteroatoms. The summed E-state index contributed by atoms with van der Waals surface area (Å²) in [6.45, 7) is 5.92. The predicted molar refractivity (Wildman–Crippen MR) is 203 cm³/mol. The zero-order valence-corrected chi connectivity index (χ0v) is 30.6. The van der Waals surface area contributed by atoms with Crippen molar-refractivity contribution >= 4 is 40.0 Å². The Bertz CT molecular complexity index is 1950. The van der Waals surface area contributed by atoms with Crippen molar-refractivity contribution in [2.75, 3.05) is 62.7 Å². The molecule has 0 N–H and O–H groups in total. The summed E-state index contributed by atoms with van der Waals surface area (Å²) in [6.07, 6.45) is 5.33. The van der Waals surface area contributed by atoms with E-state index >= 15 is 0 Å². The number of carbonyl (C=O) groups excluding carboxylic acids is 1. The summed E-state index contributed by atoms with van der Waals surface area (Å²) in [5.41, 5.74) is 4.27. The molecule has 0 radical (unpaired) electrons. The van der Waals surface area contributed by atoms with Crippen molar-refractivity contribution in [3.8, 4) is 12.1 Å². The van der Waals surface area contributed by atoms with Crippen molar-refractivity contribution in [3.05, 3.63) is 88.6 Å². The highest BCUT2D eigenvalue weighted by Crippen LogP contribution is 2.55. The van der Waals surface area contributed by atoms with Crippen molar-refractivity contribution in [1.29, 1.82) is 5.26 Å². The molecule has 2 saturated heterocycles. The minimum Gasteiger partial charge on any atom is -0.463 e. The predicted octanol–water partition coefficient (Wildman–Crippen LogP) is 7.09. The van der Waals surface area contributed by atoms with Crippen LogP contribution >= 0.6 is 11.6 Å². The number of carbonyl (C=O) groups is 1. The second-order valence-electron chi connectivity index (χ2n) is 15.0. The number of likely N-dealkylation sites (tertiary alicyclic amines) is 1. The lowest BCUT2D eigenvalue weighted by Gasteiger charge is -2.42. The van der Waals surface area contributed by atoms with E-state index in [0.29, 0.717) is 44.7 Å². The van der Waals surface area contributed by atoms with Gasteiger partial charge in [0.25, 0.3) is 0 Å². The number of halogens is 1. The Hall–Kier alpha value is -4.59. The quantitative estimate of drug-likeness (QED) is 0.180. The zero-order chi connectivity index (χ0) is 35.7. The second-order valence-corrected chi connectivity index (χ2v) is 15.4. The smallest absolute Gasteiger partial charge is 0.410 e. The number of anilines is 2. The van der Waals surface area contributed by atoms with E-state index < -0.39 is 6.09 Å². The van der Waals surface area contributed by atoms with Gasteiger partial charge in [-0.15, -0.1) is 0 Å². The van der Waals surface area contributed by atoms with Crippen LogP contribution in [0.25, 0.3) is 10.8 Å². The van der Waals surface area contributed by atoms with Gasteiger partial charge in [-0.1, -0.05) is 66.2 Å². The summed E-state index contributed by atoms with van der Waals surface area (Å²) in [4.78, 5) is 32.3. The molecule has 0 spiro atoms. The van der Waals surface area contributed by atoms with Gasteiger partial charge in [-0.2, -0.15) is 15.2 Å². The van der Waals surface area contributed by atoms with Gasteiger partial charge in [0.15, 0.2) is 0 Å². The van der Waals surface area contributed by atoms with Crippen molar-refractivity contribution < 1.29 is 14.3 Å². The molecular formula is C41H46ClN7O3. The van der Waals surface area contributed by atoms with Crippen LogP contribution in [-0.4, -0.2) is 84.8 Å². The molecule has 0 unspecified atom stereocenters. The van der Waals surface area contributed by atoms with E-state index in [0.717, 1.165) is 70.2 Å². The first-order valence-corrected chi connectivity index (χ1v) is 19.0. The molecule has 3 fully saturated rings. The van der Waals surface area contributed by atoms with Crippen LogP contribution in [0.4, 0.5) is 16.3 Å². The van der Waals surface area contributed by atoms with E-state index in [-0.39, 0.29) is 24.5 Å². The Kier molecular flexibility index (Phi) is 9.82. The Balaban J connectivity index is 1.06. The van der Waals surface area contributed by atoms with Crippen molar-refractivity contribution in [2.45, 2.75) is 57.7 Å². The van der Waals surface area contributed by atoms with Crippen LogP contribution in [0.15, 0.2) is 66.7 Å². The fraction of sp³-hybridized carbons (Fsp3) is 0.463. The van der Waals surface area contributed by atoms with Crippen LogP contribution in [0.2, 0.25) is 5.02 Å². The summed E-state index contributed by atoms with van der Waals surface area (Å²) >= 11 is 6.78. The van der Waals surface area contributed by atoms with E-state index in [2.05, 4.69) is 52.1 Å². The van der Waals surface area contributed by atoms with Crippen LogP contribution in [0, 0.1) is 22.7 Å². The SMILES string of the molecule is CN1CCC(C2(COc3nc4c(c(N5CCN(C(=O)OCc6ccccc6)[C@@H](CC#N)C5)n3)CCN(c3cccc5cccc(Cl)c35)C4)CC2)CC1. The zero-order valence-electron chi connectivity index (χ0n) is 29.8. The molecule has 1 amide bonds. The maximum atomic E-state index is 13.3. The average molecular weight is 720 g/mol. The number of benzene rings is 3. The number of rotatable bonds is 9. The number of nitriles is 1. The first-order chi connectivity index (χ1) is 25.4. The normalized spacial score (nSPS) is 20.3. The summed E-state index contributed by atoms with van der Waals surface area (Å²) in [5.74, 6) is 1.51. The standard InChI is InChI=1S/C41H46ClN7O3/c1-46-20-14-31(15-21-46)41(17-18-41)28-52-39-44-35-26-47(36-12-6-10-30-9-5-11-34(42)37(30)36)22-16-33(35)38(45-39)48-23-24-49(32(25-48)13-19-43)40(50)51-27-29-7-3-2-4-8-29/h2-12,31-32H,13-18,20-28H2,1H3/t32-/m0/s1. The Morgan fingerprint density at radius 3 is 2.52 bits per heavy atom. The molecule has 1 aromatic heterocycles. The lowest BCUT2D eigenvalue weighted by atomic mass is 9.82. The minimum absolute atomic E-state index is 0.191. The van der Waals surface area contributed by atoms with E-state index in [1.807, 2.05) is 42.5 Å². The van der Waals surface area contributed by atoms with Crippen LogP contribution in [0.5, 0.6) is 6.01 Å². The summed E-state index contributed by atoms with van der Waals surface area (Å²) in [5, 5.41) is 12.7. The van der Waals surface area contributed by atoms with Gasteiger partial charge in [-0.05, 0) is 81.2 Å². The molecule has 4 aliphatic rings. The Labute approximate surface area is 310 Å². The fourth-order valence-corrected chi connectivity index (χ4v) is 8.77. The molecule has 10 nitrogen and oxygen atoms in total. The summed E-state index contributed by atoms with van der Waals surface area (Å²) < 4.78 is 12.3. The molecule has 52 heavy (non-hydrogen) atoms. The number of piperazine rings is 1. The fourth-order valence-electron chi connectivity index (χ4n) is 8.49. The van der Waals surface area contributed by atoms with Gasteiger partial charge in [0, 0.05) is 48.2 Å². The van der Waals surface area contributed by atoms with Crippen molar-refractivity contribution in [2.24, 2.45) is 11.3 Å². The topological polar surface area (TPSA) is 98.1 Å². The number of amides is 1. The Morgan fingerprint density at radius 1 is 0.962 bits per heavy atom. The lowest BCUT2D eigenvalue weighted by molar-refractivity contribution is 0.0767. The minimum atomic E-state index is -0.398. The third-order valence-electron chi connectivity index (χ3n) is 11.7. The molecule has 1 aliphatic carbocycles. The van der Waals surface area contributed by atoms with Crippen molar-refractivity contribution in [3.63, 3.8) is 0 Å². The van der Waals surface area contributed by atoms with Gasteiger partial charge < -0.3 is 29.1 Å². The number of fused-ring (bicyclic) bond motifs is 2. The van der Waals surface area contributed by atoms with Gasteiger partial charge in [0.2, 0.25) is 0 Å². The molecule has 3 aromatic carbocycles. The highest BCUT2D eigenvalue weighted by Gasteiger charge is 2.50. The van der Waals surface area contributed by atoms with Gasteiger partial charge in [-0.3, -0.25) is 0 Å². The molecule has 1 saturated carbocycles. The molecular weight excluding hydrogens is 674 g/mol. The van der Waals surface area contributed by atoms with Gasteiger partial charge >= 0.3 is 12.1 Å². The lowest BCUT2D eigenvalue weighted by Crippen LogP contribution is -2.55. The second kappa shape index (κ2) is 14.8. The number of hydrogen-bond donors (Lipinski definition) is 0. The first-order valence-electron chi connectivity index (χ1n) is 18.6. The molecule has 1 atom stereocenters. The molecule has 4 aromatic rings. The molecule has 3 aliphatic heterocycles. The van der Waals surface area contributed by atoms with Crippen LogP contribution < -0.4 is 14.5 Å². The summed E-state index contributed by atoms with van der Waals surface area (Å²) in [6, 6.07) is 24.4. The molecule has 8 rings (SSSR count). The van der Waals surface area contributed by atoms with E-state index in [4.69, 9.17) is 31.0 Å². The molecule has 4 heterocycles. The van der Waals surface area contributed by atoms with Crippen LogP contribution in [0.1, 0.15) is 48.9 Å². The monoisotopic (exact) mass is 719 g/mol. The Morgan fingerprint density at radius 2 is 1.75 bits per heavy atom. The third kappa shape index (κ3) is 7.09. The van der Waals surface area contributed by atoms with Crippen LogP contribution in [-0.2, 0) is 24.3 Å². The maximum absolute atomic E-state index is 13.3. The van der Waals surface area contributed by atoms with E-state index in [9.17, 15) is 10.1 Å². The van der Waals surface area contributed by atoms with Gasteiger partial charge in [-0.25, -0.2) is 4.79 Å². The largest absolute Gasteiger partial charge is 0.463 e. The molecule has 0 bridgehead atoms. The van der Waals surface area contributed by atoms with Gasteiger partial charge in [0.1, 0.15) is 12.4 Å². The number of ether oxygens (including phenoxy) is 2. The molecule has 270 valence electrons. The number of aromatic nitrogens is 2. The highest BCUT2D eigenvalue weighted by atomic mass is 35.5. The summed E-state index contributed by atoms with van der Waals surface area (Å²) in [7, 11) is 2.21. The van der Waals surface area contributed by atoms with E-state index in [1.165, 1.54) is 25.7 Å². The number of nitrogens with zero attached hydrogens (tertiary/aromatic N) is 7. The third-order valence-corrected chi connectivity index (χ3v) is 12.0. The van der Waals surface area contributed by atoms with Crippen LogP contribution in [0.3, 0.4) is 0 Å². The number of hydrogen-bond acceptors (Lipinski definition) is 9. The average Bonchev–Trinajstić information content (AvgIpc) is 3.97. The highest BCUT2D eigenvalue weighted by molar-refractivity contribution is 6.36. The van der Waals surface area contributed by atoms with Crippen molar-refractivity contribution in [1.82, 2.24) is 19.8 Å².